The fourth-order valence-electron chi connectivity index (χ4n) is 4.85. The summed E-state index contributed by atoms with van der Waals surface area (Å²) in [5.74, 6) is 0.0413. The summed E-state index contributed by atoms with van der Waals surface area (Å²) in [5, 5.41) is 5.37. The first kappa shape index (κ1) is 27.0. The van der Waals surface area contributed by atoms with Gasteiger partial charge in [0.1, 0.15) is 16.9 Å². The van der Waals surface area contributed by atoms with Gasteiger partial charge in [-0.05, 0) is 85.3 Å². The molecule has 0 saturated heterocycles. The number of hydrogen-bond acceptors (Lipinski definition) is 7. The lowest BCUT2D eigenvalue weighted by molar-refractivity contribution is -0.00641. The van der Waals surface area contributed by atoms with Crippen LogP contribution in [0.4, 0.5) is 14.0 Å². The van der Waals surface area contributed by atoms with Crippen LogP contribution in [0.15, 0.2) is 30.7 Å². The molecule has 0 radical (unpaired) electrons. The second-order valence-corrected chi connectivity index (χ2v) is 12.6. The molecule has 10 heteroatoms. The smallest absolute Gasteiger partial charge is 0.419 e. The van der Waals surface area contributed by atoms with Crippen LogP contribution in [0.2, 0.25) is 0 Å². The fourth-order valence-corrected chi connectivity index (χ4v) is 4.85. The lowest BCUT2D eigenvalue weighted by atomic mass is 9.80. The van der Waals surface area contributed by atoms with Gasteiger partial charge in [-0.3, -0.25) is 14.6 Å². The van der Waals surface area contributed by atoms with Gasteiger partial charge in [0.25, 0.3) is 0 Å². The van der Waals surface area contributed by atoms with E-state index < -0.39 is 29.2 Å². The average Bonchev–Trinajstić information content (AvgIpc) is 3.55. The predicted molar refractivity (Wildman–Crippen MR) is 144 cm³/mol. The second-order valence-electron chi connectivity index (χ2n) is 12.6. The zero-order chi connectivity index (χ0) is 28.1. The SMILES string of the molecule is CC(C)(C)OC(=O)N(C[C@H]1C[C@H](n2cc(-c3ncc(F)c4cccnc34)c(C3CC3)n2)C1)C(=O)OC(C)(C)C. The molecule has 0 bridgehead atoms. The number of halogens is 1. The topological polar surface area (TPSA) is 99.4 Å². The molecule has 0 N–H and O–H groups in total. The molecule has 0 unspecified atom stereocenters. The Labute approximate surface area is 227 Å². The Balaban J connectivity index is 1.34. The second kappa shape index (κ2) is 9.88. The Morgan fingerprint density at radius 1 is 1.05 bits per heavy atom. The van der Waals surface area contributed by atoms with Crippen molar-refractivity contribution < 1.29 is 23.5 Å². The summed E-state index contributed by atoms with van der Waals surface area (Å²) in [6.07, 6.45) is 7.06. The van der Waals surface area contributed by atoms with E-state index in [1.807, 2.05) is 10.9 Å². The van der Waals surface area contributed by atoms with E-state index in [2.05, 4.69) is 9.97 Å². The quantitative estimate of drug-likeness (QED) is 0.360. The van der Waals surface area contributed by atoms with Crippen LogP contribution in [-0.4, -0.2) is 54.6 Å². The van der Waals surface area contributed by atoms with Crippen molar-refractivity contribution >= 4 is 23.1 Å². The van der Waals surface area contributed by atoms with Gasteiger partial charge in [-0.2, -0.15) is 5.10 Å². The van der Waals surface area contributed by atoms with Gasteiger partial charge in [0.2, 0.25) is 0 Å². The Morgan fingerprint density at radius 2 is 1.69 bits per heavy atom. The number of nitrogens with zero attached hydrogens (tertiary/aromatic N) is 5. The number of carbonyl (C=O) groups excluding carboxylic acids is 2. The molecule has 0 atom stereocenters. The molecule has 0 aliphatic heterocycles. The van der Waals surface area contributed by atoms with Gasteiger partial charge >= 0.3 is 12.2 Å². The minimum absolute atomic E-state index is 0.0819. The third-order valence-electron chi connectivity index (χ3n) is 6.83. The zero-order valence-corrected chi connectivity index (χ0v) is 23.4. The summed E-state index contributed by atoms with van der Waals surface area (Å²) in [4.78, 5) is 35.7. The molecule has 0 aromatic carbocycles. The van der Waals surface area contributed by atoms with Gasteiger partial charge < -0.3 is 9.47 Å². The Kier molecular flexibility index (Phi) is 6.84. The molecule has 5 rings (SSSR count). The van der Waals surface area contributed by atoms with Crippen LogP contribution in [-0.2, 0) is 9.47 Å². The van der Waals surface area contributed by atoms with Crippen LogP contribution in [0, 0.1) is 11.7 Å². The van der Waals surface area contributed by atoms with Crippen molar-refractivity contribution in [2.45, 2.75) is 90.4 Å². The monoisotopic (exact) mass is 537 g/mol. The number of imide groups is 1. The van der Waals surface area contributed by atoms with Crippen molar-refractivity contribution in [3.63, 3.8) is 0 Å². The highest BCUT2D eigenvalue weighted by atomic mass is 19.1. The van der Waals surface area contributed by atoms with Crippen molar-refractivity contribution in [2.75, 3.05) is 6.54 Å². The maximum atomic E-state index is 14.4. The lowest BCUT2D eigenvalue weighted by Crippen LogP contribution is -2.47. The van der Waals surface area contributed by atoms with Crippen LogP contribution in [0.1, 0.15) is 84.9 Å². The molecule has 2 aliphatic carbocycles. The molecule has 3 aromatic rings. The predicted octanol–water partition coefficient (Wildman–Crippen LogP) is 6.63. The minimum Gasteiger partial charge on any atom is -0.443 e. The van der Waals surface area contributed by atoms with Gasteiger partial charge in [-0.15, -0.1) is 0 Å². The molecule has 9 nitrogen and oxygen atoms in total. The van der Waals surface area contributed by atoms with Crippen molar-refractivity contribution in [2.24, 2.45) is 5.92 Å². The highest BCUT2D eigenvalue weighted by Crippen LogP contribution is 2.46. The average molecular weight is 538 g/mol. The van der Waals surface area contributed by atoms with E-state index in [1.54, 1.807) is 59.9 Å². The third-order valence-corrected chi connectivity index (χ3v) is 6.83. The standard InChI is InChI=1S/C29H36FN5O4/c1-28(2,3)38-26(36)34(27(37)39-29(4,5)6)15-17-12-19(13-17)35-16-21(23(33-35)18-9-10-18)25-24-20(8-7-11-31-24)22(30)14-32-25/h7-8,11,14,16-19H,9-10,12-13,15H2,1-6H3/t17-,19-. The molecule has 3 heterocycles. The first-order valence-corrected chi connectivity index (χ1v) is 13.5. The number of aromatic nitrogens is 4. The summed E-state index contributed by atoms with van der Waals surface area (Å²) in [7, 11) is 0. The van der Waals surface area contributed by atoms with Gasteiger partial charge in [-0.25, -0.2) is 18.9 Å². The maximum Gasteiger partial charge on any atom is 0.419 e. The van der Waals surface area contributed by atoms with E-state index in [0.29, 0.717) is 22.5 Å². The van der Waals surface area contributed by atoms with E-state index in [4.69, 9.17) is 14.6 Å². The summed E-state index contributed by atoms with van der Waals surface area (Å²) >= 11 is 0. The number of hydrogen-bond donors (Lipinski definition) is 0. The summed E-state index contributed by atoms with van der Waals surface area (Å²) in [5.41, 5.74) is 1.53. The number of fused-ring (bicyclic) bond motifs is 1. The first-order valence-electron chi connectivity index (χ1n) is 13.5. The first-order chi connectivity index (χ1) is 18.3. The van der Waals surface area contributed by atoms with E-state index in [-0.39, 0.29) is 18.5 Å². The molecular weight excluding hydrogens is 501 g/mol. The van der Waals surface area contributed by atoms with Crippen molar-refractivity contribution in [1.29, 1.82) is 0 Å². The van der Waals surface area contributed by atoms with Crippen LogP contribution < -0.4 is 0 Å². The number of pyridine rings is 2. The molecule has 2 amide bonds. The van der Waals surface area contributed by atoms with Crippen LogP contribution in [0.5, 0.6) is 0 Å². The molecule has 2 saturated carbocycles. The molecule has 39 heavy (non-hydrogen) atoms. The van der Waals surface area contributed by atoms with E-state index in [0.717, 1.165) is 41.8 Å². The van der Waals surface area contributed by atoms with E-state index in [1.165, 1.54) is 6.20 Å². The van der Waals surface area contributed by atoms with Gasteiger partial charge in [-0.1, -0.05) is 0 Å². The Bertz CT molecular complexity index is 1370. The minimum atomic E-state index is -0.739. The summed E-state index contributed by atoms with van der Waals surface area (Å²) in [6.45, 7) is 10.8. The van der Waals surface area contributed by atoms with Gasteiger partial charge in [0.05, 0.1) is 23.4 Å². The van der Waals surface area contributed by atoms with Crippen molar-refractivity contribution in [3.8, 4) is 11.3 Å². The number of amides is 2. The largest absolute Gasteiger partial charge is 0.443 e. The van der Waals surface area contributed by atoms with E-state index >= 15 is 0 Å². The summed E-state index contributed by atoms with van der Waals surface area (Å²) < 4.78 is 27.3. The molecule has 3 aromatic heterocycles. The summed E-state index contributed by atoms with van der Waals surface area (Å²) in [6, 6.07) is 3.54. The highest BCUT2D eigenvalue weighted by Gasteiger charge is 2.40. The fraction of sp³-hybridized carbons (Fsp3) is 0.552. The third kappa shape index (κ3) is 6.04. The number of rotatable bonds is 5. The molecule has 0 spiro atoms. The number of carbonyl (C=O) groups is 2. The molecule has 2 aliphatic rings. The van der Waals surface area contributed by atoms with Crippen LogP contribution in [0.3, 0.4) is 0 Å². The maximum absolute atomic E-state index is 14.4. The number of ether oxygens (including phenoxy) is 2. The van der Waals surface area contributed by atoms with Crippen LogP contribution >= 0.6 is 0 Å². The van der Waals surface area contributed by atoms with E-state index in [9.17, 15) is 14.0 Å². The van der Waals surface area contributed by atoms with Crippen molar-refractivity contribution in [1.82, 2.24) is 24.6 Å². The van der Waals surface area contributed by atoms with Gasteiger partial charge in [0.15, 0.2) is 5.82 Å². The normalized spacial score (nSPS) is 19.5. The Morgan fingerprint density at radius 3 is 2.28 bits per heavy atom. The lowest BCUT2D eigenvalue weighted by Gasteiger charge is -2.38. The molecule has 208 valence electrons. The van der Waals surface area contributed by atoms with Gasteiger partial charge in [0, 0.05) is 35.8 Å². The molecular formula is C29H36FN5O4. The van der Waals surface area contributed by atoms with Crippen LogP contribution in [0.25, 0.3) is 22.2 Å². The highest BCUT2D eigenvalue weighted by molar-refractivity contribution is 5.92. The molecule has 2 fully saturated rings. The van der Waals surface area contributed by atoms with Crippen molar-refractivity contribution in [3.05, 3.63) is 42.2 Å². The zero-order valence-electron chi connectivity index (χ0n) is 23.4. The Hall–Kier alpha value is -3.56.